The first-order chi connectivity index (χ1) is 6.18. The smallest absolute Gasteiger partial charge is 0.245 e. The summed E-state index contributed by atoms with van der Waals surface area (Å²) in [5.41, 5.74) is 1.51. The van der Waals surface area contributed by atoms with Gasteiger partial charge in [-0.2, -0.15) is 0 Å². The maximum absolute atomic E-state index is 11.0. The van der Waals surface area contributed by atoms with Gasteiger partial charge in [0.05, 0.1) is 6.54 Å². The minimum absolute atomic E-state index is 0.0467. The molecular weight excluding hydrogens is 192 g/mol. The Morgan fingerprint density at radius 2 is 2.38 bits per heavy atom. The summed E-state index contributed by atoms with van der Waals surface area (Å²) in [6.07, 6.45) is 0. The van der Waals surface area contributed by atoms with Crippen molar-refractivity contribution in [2.45, 2.75) is 6.92 Å². The highest BCUT2D eigenvalue weighted by molar-refractivity contribution is 7.13. The zero-order chi connectivity index (χ0) is 9.68. The summed E-state index contributed by atoms with van der Waals surface area (Å²) in [7, 11) is 0. The number of hydrogen-bond donors (Lipinski definition) is 2. The Labute approximate surface area is 78.4 Å². The molecular formula is C6H8N4O2S. The van der Waals surface area contributed by atoms with Gasteiger partial charge < -0.3 is 5.32 Å². The van der Waals surface area contributed by atoms with E-state index in [9.17, 15) is 9.59 Å². The molecule has 13 heavy (non-hydrogen) atoms. The van der Waals surface area contributed by atoms with E-state index in [4.69, 9.17) is 0 Å². The van der Waals surface area contributed by atoms with Gasteiger partial charge in [0, 0.05) is 6.92 Å². The van der Waals surface area contributed by atoms with Crippen LogP contribution in [0.3, 0.4) is 0 Å². The van der Waals surface area contributed by atoms with Crippen molar-refractivity contribution in [2.75, 3.05) is 11.9 Å². The zero-order valence-electron chi connectivity index (χ0n) is 6.90. The molecule has 1 rings (SSSR count). The van der Waals surface area contributed by atoms with Crippen LogP contribution >= 0.6 is 11.3 Å². The molecule has 0 atom stereocenters. The fraction of sp³-hybridized carbons (Fsp3) is 0.333. The van der Waals surface area contributed by atoms with Crippen LogP contribution in [0.4, 0.5) is 5.13 Å². The molecule has 2 amide bonds. The molecule has 0 unspecified atom stereocenters. The maximum atomic E-state index is 11.0. The fourth-order valence-corrected chi connectivity index (χ4v) is 1.06. The van der Waals surface area contributed by atoms with Gasteiger partial charge in [-0.3, -0.25) is 14.9 Å². The Balaban J connectivity index is 2.30. The zero-order valence-corrected chi connectivity index (χ0v) is 7.72. The van der Waals surface area contributed by atoms with Gasteiger partial charge in [0.2, 0.25) is 16.9 Å². The molecule has 0 bridgehead atoms. The van der Waals surface area contributed by atoms with Crippen molar-refractivity contribution in [2.24, 2.45) is 0 Å². The fourth-order valence-electron chi connectivity index (χ4n) is 0.596. The second-order valence-electron chi connectivity index (χ2n) is 2.20. The van der Waals surface area contributed by atoms with E-state index in [2.05, 4.69) is 20.8 Å². The summed E-state index contributed by atoms with van der Waals surface area (Å²) in [4.78, 5) is 21.5. The third-order valence-corrected chi connectivity index (χ3v) is 1.71. The number of carbonyl (C=O) groups is 2. The van der Waals surface area contributed by atoms with E-state index in [0.717, 1.165) is 0 Å². The van der Waals surface area contributed by atoms with Crippen molar-refractivity contribution < 1.29 is 9.59 Å². The van der Waals surface area contributed by atoms with Crippen molar-refractivity contribution in [1.29, 1.82) is 0 Å². The number of hydrogen-bond acceptors (Lipinski definition) is 5. The highest BCUT2D eigenvalue weighted by atomic mass is 32.1. The maximum Gasteiger partial charge on any atom is 0.245 e. The second kappa shape index (κ2) is 4.51. The van der Waals surface area contributed by atoms with Crippen LogP contribution < -0.4 is 10.6 Å². The Morgan fingerprint density at radius 1 is 1.62 bits per heavy atom. The van der Waals surface area contributed by atoms with Crippen molar-refractivity contribution in [3.05, 3.63) is 5.51 Å². The van der Waals surface area contributed by atoms with Crippen LogP contribution in [0.1, 0.15) is 6.92 Å². The first kappa shape index (κ1) is 9.59. The molecule has 70 valence electrons. The van der Waals surface area contributed by atoms with E-state index in [0.29, 0.717) is 5.13 Å². The van der Waals surface area contributed by atoms with E-state index in [-0.39, 0.29) is 18.4 Å². The monoisotopic (exact) mass is 200 g/mol. The lowest BCUT2D eigenvalue weighted by Gasteiger charge is -2.00. The largest absolute Gasteiger partial charge is 0.347 e. The highest BCUT2D eigenvalue weighted by Crippen LogP contribution is 2.06. The van der Waals surface area contributed by atoms with Gasteiger partial charge in [-0.1, -0.05) is 11.3 Å². The number of carbonyl (C=O) groups excluding carboxylic acids is 2. The van der Waals surface area contributed by atoms with Gasteiger partial charge in [0.15, 0.2) is 0 Å². The summed E-state index contributed by atoms with van der Waals surface area (Å²) in [5.74, 6) is -0.556. The Kier molecular flexibility index (Phi) is 3.32. The standard InChI is InChI=1S/C6H8N4O2S/c1-4(11)7-2-5(12)9-6-10-8-3-13-6/h3H,2H2,1H3,(H,7,11)(H,9,10,12). The van der Waals surface area contributed by atoms with Crippen LogP contribution in [0.25, 0.3) is 0 Å². The lowest BCUT2D eigenvalue weighted by Crippen LogP contribution is -2.31. The third-order valence-electron chi connectivity index (χ3n) is 1.10. The summed E-state index contributed by atoms with van der Waals surface area (Å²) >= 11 is 1.22. The molecule has 1 heterocycles. The van der Waals surface area contributed by atoms with Crippen molar-refractivity contribution in [3.8, 4) is 0 Å². The van der Waals surface area contributed by atoms with Crippen LogP contribution in [0.2, 0.25) is 0 Å². The molecule has 0 aliphatic rings. The molecule has 7 heteroatoms. The van der Waals surface area contributed by atoms with Gasteiger partial charge >= 0.3 is 0 Å². The van der Waals surface area contributed by atoms with E-state index in [1.54, 1.807) is 0 Å². The minimum atomic E-state index is -0.313. The number of amides is 2. The normalized spacial score (nSPS) is 9.31. The molecule has 0 aromatic carbocycles. The molecule has 0 aliphatic heterocycles. The Bertz CT molecular complexity index is 298. The van der Waals surface area contributed by atoms with Crippen molar-refractivity contribution in [3.63, 3.8) is 0 Å². The van der Waals surface area contributed by atoms with Crippen LogP contribution in [0.15, 0.2) is 5.51 Å². The van der Waals surface area contributed by atoms with Gasteiger partial charge in [-0.05, 0) is 0 Å². The van der Waals surface area contributed by atoms with E-state index >= 15 is 0 Å². The van der Waals surface area contributed by atoms with Crippen LogP contribution in [-0.2, 0) is 9.59 Å². The number of anilines is 1. The first-order valence-corrected chi connectivity index (χ1v) is 4.37. The molecule has 1 aromatic rings. The topological polar surface area (TPSA) is 84.0 Å². The highest BCUT2D eigenvalue weighted by Gasteiger charge is 2.04. The van der Waals surface area contributed by atoms with Gasteiger partial charge in [0.1, 0.15) is 5.51 Å². The predicted molar refractivity (Wildman–Crippen MR) is 47.2 cm³/mol. The van der Waals surface area contributed by atoms with Crippen LogP contribution in [0.5, 0.6) is 0 Å². The number of rotatable bonds is 3. The lowest BCUT2D eigenvalue weighted by molar-refractivity contribution is -0.122. The molecule has 0 radical (unpaired) electrons. The second-order valence-corrected chi connectivity index (χ2v) is 3.04. The third kappa shape index (κ3) is 3.61. The van der Waals surface area contributed by atoms with E-state index in [1.165, 1.54) is 23.8 Å². The first-order valence-electron chi connectivity index (χ1n) is 3.49. The molecule has 0 fully saturated rings. The summed E-state index contributed by atoms with van der Waals surface area (Å²) in [6, 6.07) is 0. The van der Waals surface area contributed by atoms with Crippen LogP contribution in [0, 0.1) is 0 Å². The summed E-state index contributed by atoms with van der Waals surface area (Å²) in [6.45, 7) is 1.30. The summed E-state index contributed by atoms with van der Waals surface area (Å²) < 4.78 is 0. The average molecular weight is 200 g/mol. The van der Waals surface area contributed by atoms with Crippen molar-refractivity contribution in [1.82, 2.24) is 15.5 Å². The minimum Gasteiger partial charge on any atom is -0.347 e. The number of nitrogens with one attached hydrogen (secondary N) is 2. The van der Waals surface area contributed by atoms with Gasteiger partial charge in [-0.15, -0.1) is 10.2 Å². The Hall–Kier alpha value is -1.50. The lowest BCUT2D eigenvalue weighted by atomic mass is 10.5. The number of aromatic nitrogens is 2. The number of nitrogens with zero attached hydrogens (tertiary/aromatic N) is 2. The molecule has 0 spiro atoms. The van der Waals surface area contributed by atoms with E-state index in [1.807, 2.05) is 0 Å². The molecule has 6 nitrogen and oxygen atoms in total. The molecule has 2 N–H and O–H groups in total. The molecule has 0 saturated carbocycles. The van der Waals surface area contributed by atoms with Crippen LogP contribution in [-0.4, -0.2) is 28.6 Å². The molecule has 0 saturated heterocycles. The average Bonchev–Trinajstić information content (AvgIpc) is 2.53. The quantitative estimate of drug-likeness (QED) is 0.696. The summed E-state index contributed by atoms with van der Waals surface area (Å²) in [5, 5.41) is 12.4. The van der Waals surface area contributed by atoms with E-state index < -0.39 is 0 Å². The molecule has 1 aromatic heterocycles. The van der Waals surface area contributed by atoms with Gasteiger partial charge in [-0.25, -0.2) is 0 Å². The molecule has 0 aliphatic carbocycles. The Morgan fingerprint density at radius 3 is 2.92 bits per heavy atom. The van der Waals surface area contributed by atoms with Gasteiger partial charge in [0.25, 0.3) is 0 Å². The van der Waals surface area contributed by atoms with Crippen molar-refractivity contribution >= 4 is 28.3 Å². The SMILES string of the molecule is CC(=O)NCC(=O)Nc1nncs1. The predicted octanol–water partition coefficient (Wildman–Crippen LogP) is -0.387.